The summed E-state index contributed by atoms with van der Waals surface area (Å²) in [6, 6.07) is 8.17. The summed E-state index contributed by atoms with van der Waals surface area (Å²) < 4.78 is 5.77. The van der Waals surface area contributed by atoms with E-state index in [1.807, 2.05) is 42.5 Å². The van der Waals surface area contributed by atoms with Gasteiger partial charge in [0.05, 0.1) is 18.8 Å². The van der Waals surface area contributed by atoms with Gasteiger partial charge in [0, 0.05) is 37.6 Å². The zero-order chi connectivity index (χ0) is 19.4. The van der Waals surface area contributed by atoms with E-state index < -0.39 is 0 Å². The second-order valence-corrected chi connectivity index (χ2v) is 7.27. The van der Waals surface area contributed by atoms with Crippen LogP contribution in [0.25, 0.3) is 11.1 Å². The molecule has 1 amide bonds. The fraction of sp³-hybridized carbons (Fsp3) is 0.450. The average molecular weight is 369 g/mol. The molecule has 0 spiro atoms. The van der Waals surface area contributed by atoms with Crippen molar-refractivity contribution in [1.82, 2.24) is 14.9 Å². The van der Waals surface area contributed by atoms with Crippen LogP contribution in [0.1, 0.15) is 19.4 Å². The second kappa shape index (κ2) is 8.45. The van der Waals surface area contributed by atoms with Crippen molar-refractivity contribution in [2.75, 3.05) is 31.6 Å². The Kier molecular flexibility index (Phi) is 6.03. The van der Waals surface area contributed by atoms with E-state index in [4.69, 9.17) is 10.5 Å². The van der Waals surface area contributed by atoms with Gasteiger partial charge >= 0.3 is 0 Å². The fourth-order valence-electron chi connectivity index (χ4n) is 3.46. The highest BCUT2D eigenvalue weighted by Gasteiger charge is 2.23. The van der Waals surface area contributed by atoms with E-state index in [-0.39, 0.29) is 24.7 Å². The summed E-state index contributed by atoms with van der Waals surface area (Å²) >= 11 is 0. The van der Waals surface area contributed by atoms with Crippen molar-refractivity contribution in [2.45, 2.75) is 32.6 Å². The van der Waals surface area contributed by atoms with E-state index in [9.17, 15) is 4.79 Å². The number of hydrogen-bond acceptors (Lipinski definition) is 6. The summed E-state index contributed by atoms with van der Waals surface area (Å²) in [5.74, 6) is 0.405. The smallest absolute Gasteiger partial charge is 0.231 e. The van der Waals surface area contributed by atoms with Gasteiger partial charge < -0.3 is 15.4 Å². The molecular weight excluding hydrogens is 342 g/mol. The summed E-state index contributed by atoms with van der Waals surface area (Å²) in [6.45, 7) is 6.62. The molecule has 1 fully saturated rings. The number of nitrogens with two attached hydrogens (primary N) is 1. The quantitative estimate of drug-likeness (QED) is 0.834. The van der Waals surface area contributed by atoms with Crippen LogP contribution in [-0.2, 0) is 16.1 Å². The third-order valence-electron chi connectivity index (χ3n) is 4.48. The molecule has 0 radical (unpaired) electrons. The number of likely N-dealkylation sites (N-methyl/N-ethyl adjacent to an activating group) is 1. The number of carbonyl (C=O) groups excluding carboxylic acids is 1. The Morgan fingerprint density at radius 2 is 1.89 bits per heavy atom. The van der Waals surface area contributed by atoms with Crippen LogP contribution < -0.4 is 10.6 Å². The van der Waals surface area contributed by atoms with Crippen molar-refractivity contribution < 1.29 is 9.53 Å². The number of primary amides is 1. The molecule has 0 bridgehead atoms. The van der Waals surface area contributed by atoms with Gasteiger partial charge in [-0.3, -0.25) is 9.69 Å². The van der Waals surface area contributed by atoms with Crippen LogP contribution in [0.15, 0.2) is 36.7 Å². The van der Waals surface area contributed by atoms with Crippen LogP contribution in [0.3, 0.4) is 0 Å². The number of anilines is 1. The summed E-state index contributed by atoms with van der Waals surface area (Å²) in [4.78, 5) is 24.2. The number of rotatable bonds is 6. The van der Waals surface area contributed by atoms with E-state index in [2.05, 4.69) is 34.8 Å². The molecular formula is C20H27N5O2. The fourth-order valence-corrected chi connectivity index (χ4v) is 3.46. The number of benzene rings is 1. The van der Waals surface area contributed by atoms with Crippen molar-refractivity contribution in [3.63, 3.8) is 0 Å². The lowest BCUT2D eigenvalue weighted by molar-refractivity contribution is -0.118. The van der Waals surface area contributed by atoms with Gasteiger partial charge in [0.25, 0.3) is 0 Å². The van der Waals surface area contributed by atoms with Crippen LogP contribution in [0, 0.1) is 0 Å². The molecule has 1 saturated heterocycles. The standard InChI is InChI=1S/C20H27N5O2/c1-14-10-25(11-15(2)27-14)20-22-8-18(9-23-20)17-6-4-5-16(7-17)12-24(3)13-19(21)26/h4-9,14-15H,10-13H2,1-3H3,(H2,21,26)/t14-,15+. The molecule has 1 aromatic carbocycles. The predicted molar refractivity (Wildman–Crippen MR) is 105 cm³/mol. The second-order valence-electron chi connectivity index (χ2n) is 7.27. The topological polar surface area (TPSA) is 84.6 Å². The molecule has 7 heteroatoms. The molecule has 1 aliphatic rings. The Bertz CT molecular complexity index is 770. The first-order valence-corrected chi connectivity index (χ1v) is 9.19. The van der Waals surface area contributed by atoms with Crippen LogP contribution >= 0.6 is 0 Å². The Hall–Kier alpha value is -2.51. The maximum atomic E-state index is 11.0. The molecule has 0 unspecified atom stereocenters. The summed E-state index contributed by atoms with van der Waals surface area (Å²) in [5, 5.41) is 0. The lowest BCUT2D eigenvalue weighted by Crippen LogP contribution is -2.46. The SMILES string of the molecule is C[C@@H]1CN(c2ncc(-c3cccc(CN(C)CC(N)=O)c3)cn2)C[C@H](C)O1. The molecule has 2 N–H and O–H groups in total. The molecule has 2 atom stereocenters. The maximum Gasteiger partial charge on any atom is 0.231 e. The monoisotopic (exact) mass is 369 g/mol. The number of morpholine rings is 1. The minimum absolute atomic E-state index is 0.172. The van der Waals surface area contributed by atoms with Crippen molar-refractivity contribution in [2.24, 2.45) is 5.73 Å². The van der Waals surface area contributed by atoms with Gasteiger partial charge in [0.2, 0.25) is 11.9 Å². The molecule has 27 heavy (non-hydrogen) atoms. The van der Waals surface area contributed by atoms with E-state index in [0.717, 1.165) is 35.7 Å². The van der Waals surface area contributed by atoms with Crippen molar-refractivity contribution >= 4 is 11.9 Å². The highest BCUT2D eigenvalue weighted by Crippen LogP contribution is 2.22. The van der Waals surface area contributed by atoms with Gasteiger partial charge in [0.1, 0.15) is 0 Å². The van der Waals surface area contributed by atoms with Crippen LogP contribution in [0.4, 0.5) is 5.95 Å². The molecule has 7 nitrogen and oxygen atoms in total. The average Bonchev–Trinajstić information content (AvgIpc) is 2.60. The molecule has 1 aromatic heterocycles. The maximum absolute atomic E-state index is 11.0. The third-order valence-corrected chi connectivity index (χ3v) is 4.48. The Morgan fingerprint density at radius 1 is 1.22 bits per heavy atom. The minimum atomic E-state index is -0.329. The Morgan fingerprint density at radius 3 is 2.52 bits per heavy atom. The van der Waals surface area contributed by atoms with Crippen LogP contribution in [-0.4, -0.2) is 59.7 Å². The molecule has 0 saturated carbocycles. The minimum Gasteiger partial charge on any atom is -0.372 e. The highest BCUT2D eigenvalue weighted by atomic mass is 16.5. The van der Waals surface area contributed by atoms with Crippen molar-refractivity contribution in [1.29, 1.82) is 0 Å². The van der Waals surface area contributed by atoms with Crippen molar-refractivity contribution in [3.8, 4) is 11.1 Å². The van der Waals surface area contributed by atoms with E-state index in [1.165, 1.54) is 0 Å². The number of carbonyl (C=O) groups is 1. The van der Waals surface area contributed by atoms with E-state index >= 15 is 0 Å². The molecule has 2 aromatic rings. The molecule has 0 aliphatic carbocycles. The van der Waals surface area contributed by atoms with Gasteiger partial charge in [-0.2, -0.15) is 0 Å². The van der Waals surface area contributed by atoms with Gasteiger partial charge in [-0.1, -0.05) is 18.2 Å². The summed E-state index contributed by atoms with van der Waals surface area (Å²) in [5.41, 5.74) is 8.38. The number of amides is 1. The van der Waals surface area contributed by atoms with E-state index in [0.29, 0.717) is 6.54 Å². The Labute approximate surface area is 160 Å². The van der Waals surface area contributed by atoms with E-state index in [1.54, 1.807) is 0 Å². The van der Waals surface area contributed by atoms with Gasteiger partial charge in [-0.15, -0.1) is 0 Å². The summed E-state index contributed by atoms with van der Waals surface area (Å²) in [6.07, 6.45) is 4.07. The predicted octanol–water partition coefficient (Wildman–Crippen LogP) is 1.67. The van der Waals surface area contributed by atoms with Gasteiger partial charge in [-0.25, -0.2) is 9.97 Å². The molecule has 144 valence electrons. The molecule has 3 rings (SSSR count). The van der Waals surface area contributed by atoms with Crippen LogP contribution in [0.5, 0.6) is 0 Å². The molecule has 1 aliphatic heterocycles. The number of ether oxygens (including phenoxy) is 1. The lowest BCUT2D eigenvalue weighted by Gasteiger charge is -2.35. The highest BCUT2D eigenvalue weighted by molar-refractivity contribution is 5.75. The summed E-state index contributed by atoms with van der Waals surface area (Å²) in [7, 11) is 1.87. The largest absolute Gasteiger partial charge is 0.372 e. The number of nitrogens with zero attached hydrogens (tertiary/aromatic N) is 4. The number of hydrogen-bond donors (Lipinski definition) is 1. The van der Waals surface area contributed by atoms with Crippen molar-refractivity contribution in [3.05, 3.63) is 42.2 Å². The third kappa shape index (κ3) is 5.24. The first kappa shape index (κ1) is 19.3. The van der Waals surface area contributed by atoms with Gasteiger partial charge in [0.15, 0.2) is 0 Å². The zero-order valence-corrected chi connectivity index (χ0v) is 16.1. The zero-order valence-electron chi connectivity index (χ0n) is 16.1. The lowest BCUT2D eigenvalue weighted by atomic mass is 10.1. The Balaban J connectivity index is 1.71. The number of aromatic nitrogens is 2. The van der Waals surface area contributed by atoms with Gasteiger partial charge in [-0.05, 0) is 38.1 Å². The first-order chi connectivity index (χ1) is 12.9. The normalized spacial score (nSPS) is 20.1. The molecule has 2 heterocycles. The first-order valence-electron chi connectivity index (χ1n) is 9.19. The van der Waals surface area contributed by atoms with Crippen LogP contribution in [0.2, 0.25) is 0 Å².